The Morgan fingerprint density at radius 2 is 1.65 bits per heavy atom. The minimum atomic E-state index is -0.348. The van der Waals surface area contributed by atoms with Crippen molar-refractivity contribution in [1.82, 2.24) is 9.97 Å². The molecule has 5 heteroatoms. The van der Waals surface area contributed by atoms with Crippen LogP contribution in [0.15, 0.2) is 58.8 Å². The maximum Gasteiger partial charge on any atom is 0.296 e. The van der Waals surface area contributed by atoms with E-state index in [0.29, 0.717) is 28.1 Å². The Bertz CT molecular complexity index is 872. The molecule has 94 valence electrons. The first-order valence-corrected chi connectivity index (χ1v) is 6.15. The third kappa shape index (κ3) is 1.53. The molecule has 1 amide bonds. The Morgan fingerprint density at radius 1 is 0.800 bits per heavy atom. The van der Waals surface area contributed by atoms with E-state index < -0.39 is 0 Å². The van der Waals surface area contributed by atoms with Crippen LogP contribution in [0.25, 0.3) is 22.3 Å². The van der Waals surface area contributed by atoms with Crippen LogP contribution in [0.3, 0.4) is 0 Å². The van der Waals surface area contributed by atoms with Crippen LogP contribution in [0.2, 0.25) is 0 Å². The molecule has 3 aromatic rings. The van der Waals surface area contributed by atoms with E-state index in [2.05, 4.69) is 20.2 Å². The van der Waals surface area contributed by atoms with E-state index in [9.17, 15) is 4.79 Å². The lowest BCUT2D eigenvalue weighted by atomic mass is 10.1. The van der Waals surface area contributed by atoms with E-state index in [4.69, 9.17) is 0 Å². The van der Waals surface area contributed by atoms with Gasteiger partial charge in [-0.3, -0.25) is 4.79 Å². The first kappa shape index (κ1) is 10.9. The van der Waals surface area contributed by atoms with Gasteiger partial charge in [-0.05, 0) is 12.1 Å². The van der Waals surface area contributed by atoms with Crippen LogP contribution in [0.1, 0.15) is 10.4 Å². The van der Waals surface area contributed by atoms with Crippen molar-refractivity contribution in [2.45, 2.75) is 0 Å². The standard InChI is InChI=1S/C15H8N4O/c20-15-10-7-4-8-11-12(10)14(18-19-15)17-13(16-11)9-5-2-1-3-6-9/h1-8H. The Labute approximate surface area is 114 Å². The SMILES string of the molecule is O=C1N=Nc2nc(-c3ccccc3)nc3cccc1c23. The minimum Gasteiger partial charge on any atom is -0.265 e. The molecule has 2 aromatic carbocycles. The smallest absolute Gasteiger partial charge is 0.265 e. The number of carbonyl (C=O) groups excluding carboxylic acids is 1. The molecule has 0 spiro atoms. The van der Waals surface area contributed by atoms with Crippen molar-refractivity contribution in [3.8, 4) is 11.4 Å². The van der Waals surface area contributed by atoms with Gasteiger partial charge in [-0.25, -0.2) is 9.97 Å². The van der Waals surface area contributed by atoms with Gasteiger partial charge in [-0.2, -0.15) is 0 Å². The van der Waals surface area contributed by atoms with Crippen molar-refractivity contribution < 1.29 is 4.79 Å². The van der Waals surface area contributed by atoms with Crippen molar-refractivity contribution in [3.63, 3.8) is 0 Å². The molecule has 0 saturated carbocycles. The van der Waals surface area contributed by atoms with Gasteiger partial charge in [0.25, 0.3) is 5.91 Å². The van der Waals surface area contributed by atoms with Crippen LogP contribution in [0.4, 0.5) is 5.82 Å². The number of hydrogen-bond acceptors (Lipinski definition) is 4. The van der Waals surface area contributed by atoms with Crippen LogP contribution in [-0.4, -0.2) is 15.9 Å². The van der Waals surface area contributed by atoms with Crippen LogP contribution in [0.5, 0.6) is 0 Å². The third-order valence-corrected chi connectivity index (χ3v) is 3.20. The summed E-state index contributed by atoms with van der Waals surface area (Å²) in [5.41, 5.74) is 2.12. The van der Waals surface area contributed by atoms with Gasteiger partial charge >= 0.3 is 0 Å². The fraction of sp³-hybridized carbons (Fsp3) is 0. The molecule has 5 nitrogen and oxygen atoms in total. The third-order valence-electron chi connectivity index (χ3n) is 3.20. The monoisotopic (exact) mass is 260 g/mol. The van der Waals surface area contributed by atoms with E-state index in [1.807, 2.05) is 36.4 Å². The molecule has 0 radical (unpaired) electrons. The summed E-state index contributed by atoms with van der Waals surface area (Å²) in [6, 6.07) is 15.0. The molecule has 0 bridgehead atoms. The second kappa shape index (κ2) is 4.03. The zero-order valence-corrected chi connectivity index (χ0v) is 10.3. The second-order valence-corrected chi connectivity index (χ2v) is 4.44. The molecule has 0 unspecified atom stereocenters. The van der Waals surface area contributed by atoms with Gasteiger partial charge < -0.3 is 0 Å². The first-order chi connectivity index (χ1) is 9.83. The molecule has 1 aliphatic heterocycles. The fourth-order valence-electron chi connectivity index (χ4n) is 2.28. The minimum absolute atomic E-state index is 0.348. The number of nitrogens with zero attached hydrogens (tertiary/aromatic N) is 4. The highest BCUT2D eigenvalue weighted by Gasteiger charge is 2.20. The molecule has 2 heterocycles. The topological polar surface area (TPSA) is 67.6 Å². The van der Waals surface area contributed by atoms with Crippen molar-refractivity contribution in [2.24, 2.45) is 10.2 Å². The maximum atomic E-state index is 11.7. The van der Waals surface area contributed by atoms with E-state index >= 15 is 0 Å². The lowest BCUT2D eigenvalue weighted by molar-refractivity contribution is 0.0995. The Morgan fingerprint density at radius 3 is 2.50 bits per heavy atom. The Hall–Kier alpha value is -2.95. The summed E-state index contributed by atoms with van der Waals surface area (Å²) in [6.07, 6.45) is 0. The normalized spacial score (nSPS) is 12.9. The number of carbonyl (C=O) groups is 1. The Balaban J connectivity index is 2.06. The average Bonchev–Trinajstić information content (AvgIpc) is 2.51. The Kier molecular flexibility index (Phi) is 2.20. The zero-order valence-electron chi connectivity index (χ0n) is 10.3. The van der Waals surface area contributed by atoms with Gasteiger partial charge in [0.15, 0.2) is 11.6 Å². The lowest BCUT2D eigenvalue weighted by Gasteiger charge is -2.10. The number of azo groups is 1. The predicted octanol–water partition coefficient (Wildman–Crippen LogP) is 3.53. The van der Waals surface area contributed by atoms with Crippen molar-refractivity contribution >= 4 is 22.6 Å². The van der Waals surface area contributed by atoms with Gasteiger partial charge in [-0.1, -0.05) is 36.4 Å². The summed E-state index contributed by atoms with van der Waals surface area (Å²) < 4.78 is 0. The molecular formula is C15H8N4O. The molecule has 0 N–H and O–H groups in total. The molecule has 1 aliphatic rings. The maximum absolute atomic E-state index is 11.7. The lowest BCUT2D eigenvalue weighted by Crippen LogP contribution is -2.02. The zero-order chi connectivity index (χ0) is 13.5. The number of hydrogen-bond donors (Lipinski definition) is 0. The summed E-state index contributed by atoms with van der Waals surface area (Å²) >= 11 is 0. The molecule has 0 saturated heterocycles. The summed E-state index contributed by atoms with van der Waals surface area (Å²) in [4.78, 5) is 20.6. The van der Waals surface area contributed by atoms with Crippen molar-refractivity contribution in [3.05, 3.63) is 54.1 Å². The van der Waals surface area contributed by atoms with E-state index in [-0.39, 0.29) is 5.91 Å². The fourth-order valence-corrected chi connectivity index (χ4v) is 2.28. The molecule has 4 rings (SSSR count). The highest BCUT2D eigenvalue weighted by atomic mass is 16.1. The molecule has 0 fully saturated rings. The van der Waals surface area contributed by atoms with Crippen molar-refractivity contribution in [1.29, 1.82) is 0 Å². The number of amides is 1. The number of rotatable bonds is 1. The molecule has 0 aliphatic carbocycles. The largest absolute Gasteiger partial charge is 0.296 e. The summed E-state index contributed by atoms with van der Waals surface area (Å²) in [5, 5.41) is 8.20. The summed E-state index contributed by atoms with van der Waals surface area (Å²) in [7, 11) is 0. The number of benzene rings is 2. The van der Waals surface area contributed by atoms with Gasteiger partial charge in [0.1, 0.15) is 0 Å². The first-order valence-electron chi connectivity index (χ1n) is 6.15. The van der Waals surface area contributed by atoms with Gasteiger partial charge in [0.05, 0.1) is 16.5 Å². The van der Waals surface area contributed by atoms with Gasteiger partial charge in [0.2, 0.25) is 0 Å². The second-order valence-electron chi connectivity index (χ2n) is 4.44. The molecule has 0 atom stereocenters. The molecule has 1 aromatic heterocycles. The van der Waals surface area contributed by atoms with E-state index in [1.165, 1.54) is 0 Å². The van der Waals surface area contributed by atoms with E-state index in [0.717, 1.165) is 5.56 Å². The predicted molar refractivity (Wildman–Crippen MR) is 73.8 cm³/mol. The van der Waals surface area contributed by atoms with Gasteiger partial charge in [-0.15, -0.1) is 10.2 Å². The average molecular weight is 260 g/mol. The highest BCUT2D eigenvalue weighted by Crippen LogP contribution is 2.32. The molecule has 20 heavy (non-hydrogen) atoms. The highest BCUT2D eigenvalue weighted by molar-refractivity contribution is 6.11. The number of aromatic nitrogens is 2. The summed E-state index contributed by atoms with van der Waals surface area (Å²) in [6.45, 7) is 0. The van der Waals surface area contributed by atoms with Crippen LogP contribution in [0, 0.1) is 0 Å². The summed E-state index contributed by atoms with van der Waals surface area (Å²) in [5.74, 6) is 0.682. The quantitative estimate of drug-likeness (QED) is 0.672. The van der Waals surface area contributed by atoms with Crippen LogP contribution >= 0.6 is 0 Å². The van der Waals surface area contributed by atoms with Crippen LogP contribution < -0.4 is 0 Å². The van der Waals surface area contributed by atoms with Crippen molar-refractivity contribution in [2.75, 3.05) is 0 Å². The molecular weight excluding hydrogens is 252 g/mol. The van der Waals surface area contributed by atoms with E-state index in [1.54, 1.807) is 12.1 Å². The van der Waals surface area contributed by atoms with Gasteiger partial charge in [0, 0.05) is 5.56 Å². The van der Waals surface area contributed by atoms with Crippen LogP contribution in [-0.2, 0) is 0 Å².